The summed E-state index contributed by atoms with van der Waals surface area (Å²) in [6.07, 6.45) is -6.58. The number of halogens is 5. The second-order valence-electron chi connectivity index (χ2n) is 5.50. The average molecular weight is 316 g/mol. The van der Waals surface area contributed by atoms with Crippen molar-refractivity contribution in [2.24, 2.45) is 5.41 Å². The Morgan fingerprint density at radius 2 is 1.76 bits per heavy atom. The highest BCUT2D eigenvalue weighted by Gasteiger charge is 2.63. The molecular weight excluding hydrogens is 303 g/mol. The molecule has 0 fully saturated rings. The molecule has 1 rings (SSSR count). The molecule has 0 aliphatic carbocycles. The standard InChI is InChI=1S/C10H13F5N4O2/c1-8(2,3)5(4-6(20)21)19-7(16-17-18-19)9(11,12)10(13,14)15/h5H,4H2,1-3H3,(H,20,21). The maximum absolute atomic E-state index is 13.4. The Labute approximate surface area is 115 Å². The Balaban J connectivity index is 3.38. The number of nitrogens with zero attached hydrogens (tertiary/aromatic N) is 4. The predicted octanol–water partition coefficient (Wildman–Crippen LogP) is 2.39. The normalized spacial score (nSPS) is 15.0. The van der Waals surface area contributed by atoms with Gasteiger partial charge < -0.3 is 5.11 Å². The molecule has 0 saturated carbocycles. The lowest BCUT2D eigenvalue weighted by Crippen LogP contribution is -2.39. The van der Waals surface area contributed by atoms with Crippen LogP contribution in [0.4, 0.5) is 22.0 Å². The summed E-state index contributed by atoms with van der Waals surface area (Å²) in [5, 5.41) is 17.5. The van der Waals surface area contributed by atoms with Crippen LogP contribution in [0.5, 0.6) is 0 Å². The summed E-state index contributed by atoms with van der Waals surface area (Å²) in [5.41, 5.74) is -0.954. The van der Waals surface area contributed by atoms with Gasteiger partial charge in [-0.05, 0) is 15.8 Å². The van der Waals surface area contributed by atoms with Crippen molar-refractivity contribution in [3.05, 3.63) is 5.82 Å². The first-order valence-electron chi connectivity index (χ1n) is 5.73. The van der Waals surface area contributed by atoms with Crippen LogP contribution in [0.25, 0.3) is 0 Å². The highest BCUT2D eigenvalue weighted by molar-refractivity contribution is 5.67. The summed E-state index contributed by atoms with van der Waals surface area (Å²) in [4.78, 5) is 10.8. The lowest BCUT2D eigenvalue weighted by atomic mass is 9.84. The summed E-state index contributed by atoms with van der Waals surface area (Å²) < 4.78 is 64.3. The zero-order valence-electron chi connectivity index (χ0n) is 11.3. The van der Waals surface area contributed by atoms with E-state index in [4.69, 9.17) is 5.11 Å². The van der Waals surface area contributed by atoms with Gasteiger partial charge >= 0.3 is 18.1 Å². The first kappa shape index (κ1) is 17.2. The van der Waals surface area contributed by atoms with E-state index < -0.39 is 41.8 Å². The maximum Gasteiger partial charge on any atom is 0.461 e. The van der Waals surface area contributed by atoms with Gasteiger partial charge in [0, 0.05) is 0 Å². The topological polar surface area (TPSA) is 80.9 Å². The summed E-state index contributed by atoms with van der Waals surface area (Å²) in [5.74, 6) is -8.37. The van der Waals surface area contributed by atoms with E-state index in [1.165, 1.54) is 20.8 Å². The van der Waals surface area contributed by atoms with Gasteiger partial charge in [0.15, 0.2) is 0 Å². The van der Waals surface area contributed by atoms with Crippen LogP contribution in [0.3, 0.4) is 0 Å². The van der Waals surface area contributed by atoms with Crippen LogP contribution in [0.1, 0.15) is 39.1 Å². The molecule has 1 aromatic rings. The third-order valence-corrected chi connectivity index (χ3v) is 2.79. The van der Waals surface area contributed by atoms with Crippen LogP contribution in [0.15, 0.2) is 0 Å². The minimum Gasteiger partial charge on any atom is -0.481 e. The minimum absolute atomic E-state index is 0.238. The van der Waals surface area contributed by atoms with Crippen molar-refractivity contribution < 1.29 is 31.9 Å². The number of carboxylic acids is 1. The van der Waals surface area contributed by atoms with Crippen molar-refractivity contribution in [2.75, 3.05) is 0 Å². The van der Waals surface area contributed by atoms with Crippen LogP contribution in [0, 0.1) is 5.41 Å². The van der Waals surface area contributed by atoms with Crippen LogP contribution < -0.4 is 0 Å². The van der Waals surface area contributed by atoms with E-state index in [0.29, 0.717) is 0 Å². The molecule has 0 bridgehead atoms. The first-order chi connectivity index (χ1) is 9.28. The van der Waals surface area contributed by atoms with Crippen LogP contribution in [-0.2, 0) is 10.7 Å². The number of hydrogen-bond acceptors (Lipinski definition) is 4. The van der Waals surface area contributed by atoms with Crippen molar-refractivity contribution in [1.29, 1.82) is 0 Å². The SMILES string of the molecule is CC(C)(C)C(CC(=O)O)n1nnnc1C(F)(F)C(F)(F)F. The second kappa shape index (κ2) is 5.19. The lowest BCUT2D eigenvalue weighted by molar-refractivity contribution is -0.294. The Morgan fingerprint density at radius 1 is 1.24 bits per heavy atom. The molecule has 0 saturated heterocycles. The molecule has 1 N–H and O–H groups in total. The highest BCUT2D eigenvalue weighted by Crippen LogP contribution is 2.44. The molecule has 0 aliphatic rings. The van der Waals surface area contributed by atoms with Crippen LogP contribution >= 0.6 is 0 Å². The summed E-state index contributed by atoms with van der Waals surface area (Å²) in [6.45, 7) is 4.45. The summed E-state index contributed by atoms with van der Waals surface area (Å²) >= 11 is 0. The summed E-state index contributed by atoms with van der Waals surface area (Å²) in [7, 11) is 0. The minimum atomic E-state index is -5.88. The van der Waals surface area contributed by atoms with Crippen molar-refractivity contribution in [3.63, 3.8) is 0 Å². The van der Waals surface area contributed by atoms with Gasteiger partial charge in [-0.3, -0.25) is 4.79 Å². The number of alkyl halides is 5. The number of rotatable bonds is 4. The van der Waals surface area contributed by atoms with Gasteiger partial charge in [0.05, 0.1) is 12.5 Å². The molecule has 0 radical (unpaired) electrons. The monoisotopic (exact) mass is 316 g/mol. The van der Waals surface area contributed by atoms with E-state index in [0.717, 1.165) is 0 Å². The van der Waals surface area contributed by atoms with Crippen molar-refractivity contribution in [1.82, 2.24) is 20.2 Å². The third-order valence-electron chi connectivity index (χ3n) is 2.79. The van der Waals surface area contributed by atoms with Crippen molar-refractivity contribution in [2.45, 2.75) is 45.3 Å². The summed E-state index contributed by atoms with van der Waals surface area (Å²) in [6, 6.07) is -1.27. The number of aliphatic carboxylic acids is 1. The molecule has 1 aromatic heterocycles. The molecule has 0 aliphatic heterocycles. The third kappa shape index (κ3) is 3.45. The zero-order chi connectivity index (χ0) is 16.6. The maximum atomic E-state index is 13.4. The van der Waals surface area contributed by atoms with Crippen LogP contribution in [-0.4, -0.2) is 37.5 Å². The fraction of sp³-hybridized carbons (Fsp3) is 0.800. The molecule has 120 valence electrons. The molecular formula is C10H13F5N4O2. The molecule has 21 heavy (non-hydrogen) atoms. The van der Waals surface area contributed by atoms with Crippen LogP contribution in [0.2, 0.25) is 0 Å². The van der Waals surface area contributed by atoms with Gasteiger partial charge in [-0.1, -0.05) is 20.8 Å². The van der Waals surface area contributed by atoms with Gasteiger partial charge in [0.1, 0.15) is 0 Å². The predicted molar refractivity (Wildman–Crippen MR) is 58.5 cm³/mol. The fourth-order valence-corrected chi connectivity index (χ4v) is 1.66. The number of aromatic nitrogens is 4. The van der Waals surface area contributed by atoms with E-state index in [2.05, 4.69) is 15.5 Å². The molecule has 1 heterocycles. The Kier molecular flexibility index (Phi) is 4.26. The highest BCUT2D eigenvalue weighted by atomic mass is 19.4. The molecule has 6 nitrogen and oxygen atoms in total. The average Bonchev–Trinajstić information content (AvgIpc) is 2.71. The molecule has 0 amide bonds. The molecule has 1 atom stereocenters. The van der Waals surface area contributed by atoms with Gasteiger partial charge in [-0.2, -0.15) is 22.0 Å². The Morgan fingerprint density at radius 3 is 2.14 bits per heavy atom. The number of carboxylic acid groups (broad SMARTS) is 1. The lowest BCUT2D eigenvalue weighted by Gasteiger charge is -2.31. The van der Waals surface area contributed by atoms with E-state index in [9.17, 15) is 26.7 Å². The fourth-order valence-electron chi connectivity index (χ4n) is 1.66. The Bertz CT molecular complexity index is 520. The zero-order valence-corrected chi connectivity index (χ0v) is 11.3. The van der Waals surface area contributed by atoms with Crippen molar-refractivity contribution >= 4 is 5.97 Å². The smallest absolute Gasteiger partial charge is 0.461 e. The van der Waals surface area contributed by atoms with E-state index in [1.54, 1.807) is 0 Å². The molecule has 11 heteroatoms. The second-order valence-corrected chi connectivity index (χ2v) is 5.50. The molecule has 0 aromatic carbocycles. The van der Waals surface area contributed by atoms with E-state index >= 15 is 0 Å². The number of tetrazole rings is 1. The van der Waals surface area contributed by atoms with E-state index in [-0.39, 0.29) is 4.68 Å². The Hall–Kier alpha value is -1.81. The largest absolute Gasteiger partial charge is 0.481 e. The van der Waals surface area contributed by atoms with Gasteiger partial charge in [0.2, 0.25) is 5.82 Å². The first-order valence-corrected chi connectivity index (χ1v) is 5.73. The van der Waals surface area contributed by atoms with Gasteiger partial charge in [0.25, 0.3) is 0 Å². The number of hydrogen-bond donors (Lipinski definition) is 1. The number of carbonyl (C=O) groups is 1. The molecule has 0 spiro atoms. The van der Waals surface area contributed by atoms with Gasteiger partial charge in [-0.25, -0.2) is 4.68 Å². The van der Waals surface area contributed by atoms with E-state index in [1.807, 2.05) is 0 Å². The van der Waals surface area contributed by atoms with Crippen molar-refractivity contribution in [3.8, 4) is 0 Å². The molecule has 1 unspecified atom stereocenters. The quantitative estimate of drug-likeness (QED) is 0.863. The van der Waals surface area contributed by atoms with Gasteiger partial charge in [-0.15, -0.1) is 5.10 Å².